The maximum atomic E-state index is 10.0. The molecule has 0 aromatic heterocycles. The van der Waals surface area contributed by atoms with Crippen LogP contribution in [-0.4, -0.2) is 34.1 Å². The van der Waals surface area contributed by atoms with Crippen molar-refractivity contribution in [3.8, 4) is 0 Å². The van der Waals surface area contributed by atoms with Crippen LogP contribution in [0.15, 0.2) is 35.5 Å². The number of aliphatic hydroxyl groups excluding tert-OH is 2. The average Bonchev–Trinajstić information content (AvgIpc) is 3.01. The van der Waals surface area contributed by atoms with Crippen LogP contribution in [0.2, 0.25) is 0 Å². The van der Waals surface area contributed by atoms with E-state index >= 15 is 0 Å². The van der Waals surface area contributed by atoms with Gasteiger partial charge in [-0.2, -0.15) is 0 Å². The van der Waals surface area contributed by atoms with E-state index in [4.69, 9.17) is 0 Å². The summed E-state index contributed by atoms with van der Waals surface area (Å²) in [5.41, 5.74) is 3.03. The molecule has 3 nitrogen and oxygen atoms in total. The fourth-order valence-electron chi connectivity index (χ4n) is 6.08. The van der Waals surface area contributed by atoms with E-state index in [-0.39, 0.29) is 13.2 Å². The van der Waals surface area contributed by atoms with Gasteiger partial charge >= 0.3 is 0 Å². The molecule has 0 bridgehead atoms. The highest BCUT2D eigenvalue weighted by atomic mass is 16.3. The van der Waals surface area contributed by atoms with Crippen LogP contribution < -0.4 is 0 Å². The maximum absolute atomic E-state index is 10.0. The Kier molecular flexibility index (Phi) is 8.75. The molecule has 0 heterocycles. The first-order valence-corrected chi connectivity index (χ1v) is 11.6. The number of hydrogen-bond donors (Lipinski definition) is 3. The average molecular weight is 405 g/mol. The van der Waals surface area contributed by atoms with Crippen molar-refractivity contribution in [2.75, 3.05) is 13.2 Å². The lowest BCUT2D eigenvalue weighted by atomic mass is 9.60. The smallest absolute Gasteiger partial charge is 0.0678 e. The second-order valence-electron chi connectivity index (χ2n) is 10.4. The van der Waals surface area contributed by atoms with Gasteiger partial charge in [0, 0.05) is 6.61 Å². The van der Waals surface area contributed by atoms with Crippen molar-refractivity contribution >= 4 is 0 Å². The summed E-state index contributed by atoms with van der Waals surface area (Å²) in [6.07, 6.45) is 14.4. The molecule has 2 aliphatic rings. The van der Waals surface area contributed by atoms with Crippen molar-refractivity contribution in [1.82, 2.24) is 0 Å². The normalized spacial score (nSPS) is 30.4. The Morgan fingerprint density at radius 2 is 2.03 bits per heavy atom. The Morgan fingerprint density at radius 3 is 2.66 bits per heavy atom. The van der Waals surface area contributed by atoms with E-state index in [1.165, 1.54) is 32.1 Å². The molecule has 2 aliphatic carbocycles. The summed E-state index contributed by atoms with van der Waals surface area (Å²) in [6.45, 7) is 12.7. The SMILES string of the molecule is C=C(CO)/C(=C\C=C1/CCC[C@]2(C)[C@@H]([C@H](C)CCCC(C)(C)O)CC[C@@H]12)CCO. The summed E-state index contributed by atoms with van der Waals surface area (Å²) in [5, 5.41) is 28.8. The standard InChI is InChI=1S/C26H44O3/c1-19(8-6-15-25(3,4)29)23-12-13-24-22(9-7-16-26(23,24)5)11-10-21(14-17-27)20(2)18-28/h10-11,19,23-24,27-29H,2,6-9,12-18H2,1,3-5H3/b21-10-,22-11+/t19-,23-,24+,26-/m1/s1. The van der Waals surface area contributed by atoms with Gasteiger partial charge in [0.15, 0.2) is 0 Å². The number of aliphatic hydroxyl groups is 3. The number of rotatable bonds is 10. The molecule has 0 aromatic rings. The highest BCUT2D eigenvalue weighted by Crippen LogP contribution is 2.59. The Bertz CT molecular complexity index is 610. The van der Waals surface area contributed by atoms with Crippen molar-refractivity contribution in [2.24, 2.45) is 23.2 Å². The van der Waals surface area contributed by atoms with Crippen LogP contribution in [0.5, 0.6) is 0 Å². The van der Waals surface area contributed by atoms with Crippen molar-refractivity contribution in [2.45, 2.75) is 91.1 Å². The summed E-state index contributed by atoms with van der Waals surface area (Å²) in [5.74, 6) is 2.10. The van der Waals surface area contributed by atoms with Crippen molar-refractivity contribution in [3.05, 3.63) is 35.5 Å². The quantitative estimate of drug-likeness (QED) is 0.418. The minimum absolute atomic E-state index is 0.0552. The molecule has 0 saturated heterocycles. The number of hydrogen-bond acceptors (Lipinski definition) is 3. The summed E-state index contributed by atoms with van der Waals surface area (Å²) < 4.78 is 0. The molecule has 0 aromatic carbocycles. The molecule has 166 valence electrons. The van der Waals surface area contributed by atoms with Gasteiger partial charge in [-0.15, -0.1) is 0 Å². The highest BCUT2D eigenvalue weighted by molar-refractivity contribution is 5.34. The van der Waals surface area contributed by atoms with E-state index in [9.17, 15) is 15.3 Å². The zero-order valence-electron chi connectivity index (χ0n) is 19.2. The molecule has 0 radical (unpaired) electrons. The third-order valence-electron chi connectivity index (χ3n) is 7.70. The molecule has 29 heavy (non-hydrogen) atoms. The van der Waals surface area contributed by atoms with Gasteiger partial charge in [-0.3, -0.25) is 0 Å². The Hall–Kier alpha value is -0.900. The fourth-order valence-corrected chi connectivity index (χ4v) is 6.08. The highest BCUT2D eigenvalue weighted by Gasteiger charge is 2.50. The topological polar surface area (TPSA) is 60.7 Å². The third-order valence-corrected chi connectivity index (χ3v) is 7.70. The van der Waals surface area contributed by atoms with E-state index in [1.54, 1.807) is 5.57 Å². The van der Waals surface area contributed by atoms with Gasteiger partial charge in [-0.25, -0.2) is 0 Å². The fraction of sp³-hybridized carbons (Fsp3) is 0.769. The third kappa shape index (κ3) is 6.29. The van der Waals surface area contributed by atoms with Crippen LogP contribution in [0.1, 0.15) is 85.5 Å². The predicted molar refractivity (Wildman–Crippen MR) is 122 cm³/mol. The lowest BCUT2D eigenvalue weighted by Crippen LogP contribution is -2.36. The monoisotopic (exact) mass is 404 g/mol. The van der Waals surface area contributed by atoms with Crippen LogP contribution in [0.3, 0.4) is 0 Å². The first kappa shape index (κ1) is 24.4. The van der Waals surface area contributed by atoms with Crippen molar-refractivity contribution in [1.29, 1.82) is 0 Å². The van der Waals surface area contributed by atoms with E-state index in [0.29, 0.717) is 29.2 Å². The number of allylic oxidation sites excluding steroid dienone is 3. The largest absolute Gasteiger partial charge is 0.396 e. The van der Waals surface area contributed by atoms with Crippen LogP contribution in [0, 0.1) is 23.2 Å². The van der Waals surface area contributed by atoms with Crippen molar-refractivity contribution < 1.29 is 15.3 Å². The Morgan fingerprint density at radius 1 is 1.31 bits per heavy atom. The molecular weight excluding hydrogens is 360 g/mol. The molecule has 0 spiro atoms. The molecule has 4 atom stereocenters. The molecule has 0 aliphatic heterocycles. The molecule has 0 amide bonds. The molecule has 2 rings (SSSR count). The van der Waals surface area contributed by atoms with Crippen LogP contribution in [-0.2, 0) is 0 Å². The van der Waals surface area contributed by atoms with E-state index < -0.39 is 5.60 Å². The van der Waals surface area contributed by atoms with Gasteiger partial charge in [0.1, 0.15) is 0 Å². The molecule has 3 N–H and O–H groups in total. The zero-order chi connectivity index (χ0) is 21.7. The first-order chi connectivity index (χ1) is 13.6. The summed E-state index contributed by atoms with van der Waals surface area (Å²) in [6, 6.07) is 0. The lowest BCUT2D eigenvalue weighted by Gasteiger charge is -2.44. The van der Waals surface area contributed by atoms with Crippen LogP contribution in [0.4, 0.5) is 0 Å². The van der Waals surface area contributed by atoms with E-state index in [2.05, 4.69) is 32.6 Å². The molecule has 3 heteroatoms. The molecular formula is C26H44O3. The van der Waals surface area contributed by atoms with Crippen LogP contribution in [0.25, 0.3) is 0 Å². The van der Waals surface area contributed by atoms with E-state index in [1.807, 2.05) is 13.8 Å². The van der Waals surface area contributed by atoms with Gasteiger partial charge in [-0.05, 0) is 93.1 Å². The van der Waals surface area contributed by atoms with Crippen molar-refractivity contribution in [3.63, 3.8) is 0 Å². The molecule has 0 unspecified atom stereocenters. The zero-order valence-corrected chi connectivity index (χ0v) is 19.2. The minimum Gasteiger partial charge on any atom is -0.396 e. The summed E-state index contributed by atoms with van der Waals surface area (Å²) in [4.78, 5) is 0. The maximum Gasteiger partial charge on any atom is 0.0678 e. The van der Waals surface area contributed by atoms with Gasteiger partial charge in [0.2, 0.25) is 0 Å². The summed E-state index contributed by atoms with van der Waals surface area (Å²) >= 11 is 0. The lowest BCUT2D eigenvalue weighted by molar-refractivity contribution is 0.0596. The van der Waals surface area contributed by atoms with Crippen LogP contribution >= 0.6 is 0 Å². The summed E-state index contributed by atoms with van der Waals surface area (Å²) in [7, 11) is 0. The molecule has 2 saturated carbocycles. The van der Waals surface area contributed by atoms with Gasteiger partial charge in [0.25, 0.3) is 0 Å². The first-order valence-electron chi connectivity index (χ1n) is 11.6. The minimum atomic E-state index is -0.556. The van der Waals surface area contributed by atoms with Gasteiger partial charge in [-0.1, -0.05) is 51.0 Å². The van der Waals surface area contributed by atoms with Gasteiger partial charge in [0.05, 0.1) is 12.2 Å². The number of fused-ring (bicyclic) bond motifs is 1. The van der Waals surface area contributed by atoms with Gasteiger partial charge < -0.3 is 15.3 Å². The van der Waals surface area contributed by atoms with E-state index in [0.717, 1.165) is 30.8 Å². The Labute approximate surface area is 178 Å². The second kappa shape index (κ2) is 10.4. The molecule has 2 fully saturated rings. The second-order valence-corrected chi connectivity index (χ2v) is 10.4. The predicted octanol–water partition coefficient (Wildman–Crippen LogP) is 5.56. The Balaban J connectivity index is 2.11.